The van der Waals surface area contributed by atoms with Crippen molar-refractivity contribution in [3.63, 3.8) is 0 Å². The van der Waals surface area contributed by atoms with Gasteiger partial charge in [0, 0.05) is 31.6 Å². The van der Waals surface area contributed by atoms with Gasteiger partial charge in [0.2, 0.25) is 11.8 Å². The number of carbonyl (C=O) groups is 2. The molecular weight excluding hydrogens is 378 g/mol. The number of likely N-dealkylation sites (tertiary alicyclic amines) is 1. The molecule has 1 aromatic heterocycles. The first-order valence-corrected chi connectivity index (χ1v) is 10.4. The minimum absolute atomic E-state index is 0.0448. The summed E-state index contributed by atoms with van der Waals surface area (Å²) in [6, 6.07) is 15.7. The first kappa shape index (κ1) is 20.1. The van der Waals surface area contributed by atoms with Crippen LogP contribution in [0.4, 0.5) is 5.69 Å². The number of benzene rings is 2. The molecule has 4 rings (SSSR count). The molecule has 4 N–H and O–H groups in total. The molecule has 0 aliphatic carbocycles. The van der Waals surface area contributed by atoms with Crippen LogP contribution in [0.25, 0.3) is 11.0 Å². The highest BCUT2D eigenvalue weighted by Gasteiger charge is 2.24. The summed E-state index contributed by atoms with van der Waals surface area (Å²) < 4.78 is 0. The summed E-state index contributed by atoms with van der Waals surface area (Å²) in [4.78, 5) is 34.1. The van der Waals surface area contributed by atoms with Crippen molar-refractivity contribution in [3.8, 4) is 0 Å². The SMILES string of the molecule is NC(=O)C1CCCN(Cc2ccccc2NC(=O)CCc2nc3ccccc3[nH]2)C1. The lowest BCUT2D eigenvalue weighted by Gasteiger charge is -2.31. The van der Waals surface area contributed by atoms with Gasteiger partial charge in [0.05, 0.1) is 17.0 Å². The third kappa shape index (κ3) is 4.86. The molecule has 1 atom stereocenters. The van der Waals surface area contributed by atoms with Gasteiger partial charge in [-0.1, -0.05) is 30.3 Å². The van der Waals surface area contributed by atoms with E-state index in [0.717, 1.165) is 47.5 Å². The summed E-state index contributed by atoms with van der Waals surface area (Å²) in [6.45, 7) is 2.28. The maximum Gasteiger partial charge on any atom is 0.224 e. The molecule has 1 saturated heterocycles. The van der Waals surface area contributed by atoms with Crippen LogP contribution in [-0.4, -0.2) is 39.8 Å². The lowest BCUT2D eigenvalue weighted by atomic mass is 9.97. The van der Waals surface area contributed by atoms with Gasteiger partial charge in [0.15, 0.2) is 0 Å². The Morgan fingerprint density at radius 2 is 1.97 bits per heavy atom. The minimum atomic E-state index is -0.230. The fraction of sp³-hybridized carbons (Fsp3) is 0.348. The number of rotatable bonds is 7. The van der Waals surface area contributed by atoms with Crippen molar-refractivity contribution in [1.29, 1.82) is 0 Å². The van der Waals surface area contributed by atoms with E-state index in [-0.39, 0.29) is 17.7 Å². The topological polar surface area (TPSA) is 104 Å². The Labute approximate surface area is 175 Å². The standard InChI is InChI=1S/C23H27N5O2/c24-23(30)17-7-5-13-28(15-17)14-16-6-1-2-8-18(16)27-22(29)12-11-21-25-19-9-3-4-10-20(19)26-21/h1-4,6,8-10,17H,5,7,11-15H2,(H2,24,30)(H,25,26)(H,27,29). The summed E-state index contributed by atoms with van der Waals surface area (Å²) >= 11 is 0. The van der Waals surface area contributed by atoms with Crippen molar-refractivity contribution >= 4 is 28.5 Å². The number of H-pyrrole nitrogens is 1. The number of hydrogen-bond donors (Lipinski definition) is 3. The molecule has 0 spiro atoms. The Morgan fingerprint density at radius 1 is 1.17 bits per heavy atom. The van der Waals surface area contributed by atoms with Crippen LogP contribution < -0.4 is 11.1 Å². The summed E-state index contributed by atoms with van der Waals surface area (Å²) in [5.74, 6) is 0.443. The molecule has 1 aliphatic rings. The predicted octanol–water partition coefficient (Wildman–Crippen LogP) is 2.83. The molecule has 0 radical (unpaired) electrons. The number of primary amides is 1. The van der Waals surface area contributed by atoms with E-state index in [1.165, 1.54) is 0 Å². The molecule has 0 saturated carbocycles. The van der Waals surface area contributed by atoms with Gasteiger partial charge in [-0.05, 0) is 43.1 Å². The second-order valence-corrected chi connectivity index (χ2v) is 7.88. The molecule has 2 aromatic carbocycles. The number of imidazole rings is 1. The normalized spacial score (nSPS) is 17.1. The van der Waals surface area contributed by atoms with E-state index in [1.807, 2.05) is 48.5 Å². The number of fused-ring (bicyclic) bond motifs is 1. The number of piperidine rings is 1. The second-order valence-electron chi connectivity index (χ2n) is 7.88. The summed E-state index contributed by atoms with van der Waals surface area (Å²) in [6.07, 6.45) is 2.71. The maximum absolute atomic E-state index is 12.6. The number of amides is 2. The zero-order chi connectivity index (χ0) is 20.9. The molecule has 1 unspecified atom stereocenters. The van der Waals surface area contributed by atoms with E-state index >= 15 is 0 Å². The number of aromatic nitrogens is 2. The molecule has 7 heteroatoms. The number of nitrogens with one attached hydrogen (secondary N) is 2. The van der Waals surface area contributed by atoms with Crippen molar-refractivity contribution in [2.45, 2.75) is 32.2 Å². The summed E-state index contributed by atoms with van der Waals surface area (Å²) in [5, 5.41) is 3.04. The van der Waals surface area contributed by atoms with Crippen LogP contribution in [0.5, 0.6) is 0 Å². The van der Waals surface area contributed by atoms with E-state index in [1.54, 1.807) is 0 Å². The van der Waals surface area contributed by atoms with Crippen molar-refractivity contribution in [2.75, 3.05) is 18.4 Å². The van der Waals surface area contributed by atoms with Crippen molar-refractivity contribution in [2.24, 2.45) is 11.7 Å². The highest BCUT2D eigenvalue weighted by atomic mass is 16.2. The first-order chi connectivity index (χ1) is 14.6. The number of nitrogens with two attached hydrogens (primary N) is 1. The Bertz CT molecular complexity index is 1010. The number of aromatic amines is 1. The third-order valence-corrected chi connectivity index (χ3v) is 5.62. The molecule has 7 nitrogen and oxygen atoms in total. The Balaban J connectivity index is 1.36. The van der Waals surface area contributed by atoms with Gasteiger partial charge in [-0.25, -0.2) is 4.98 Å². The van der Waals surface area contributed by atoms with Crippen LogP contribution >= 0.6 is 0 Å². The van der Waals surface area contributed by atoms with Gasteiger partial charge in [-0.15, -0.1) is 0 Å². The Morgan fingerprint density at radius 3 is 2.80 bits per heavy atom. The van der Waals surface area contributed by atoms with Crippen LogP contribution in [0.15, 0.2) is 48.5 Å². The van der Waals surface area contributed by atoms with Gasteiger partial charge in [0.1, 0.15) is 5.82 Å². The fourth-order valence-electron chi connectivity index (χ4n) is 4.02. The van der Waals surface area contributed by atoms with Crippen LogP contribution in [0.1, 0.15) is 30.7 Å². The minimum Gasteiger partial charge on any atom is -0.369 e. The van der Waals surface area contributed by atoms with Crippen LogP contribution in [0.3, 0.4) is 0 Å². The van der Waals surface area contributed by atoms with E-state index in [2.05, 4.69) is 20.2 Å². The molecule has 1 aliphatic heterocycles. The number of anilines is 1. The highest BCUT2D eigenvalue weighted by molar-refractivity contribution is 5.91. The average Bonchev–Trinajstić information content (AvgIpc) is 3.17. The molecule has 30 heavy (non-hydrogen) atoms. The van der Waals surface area contributed by atoms with Gasteiger partial charge < -0.3 is 16.0 Å². The van der Waals surface area contributed by atoms with Crippen LogP contribution in [0, 0.1) is 5.92 Å². The molecule has 3 aromatic rings. The van der Waals surface area contributed by atoms with Gasteiger partial charge >= 0.3 is 0 Å². The molecule has 2 heterocycles. The van der Waals surface area contributed by atoms with Gasteiger partial charge in [-0.2, -0.15) is 0 Å². The number of para-hydroxylation sites is 3. The van der Waals surface area contributed by atoms with Crippen molar-refractivity contribution in [3.05, 3.63) is 59.9 Å². The fourth-order valence-corrected chi connectivity index (χ4v) is 4.02. The lowest BCUT2D eigenvalue weighted by molar-refractivity contribution is -0.123. The number of nitrogens with zero attached hydrogens (tertiary/aromatic N) is 2. The van der Waals surface area contributed by atoms with Crippen molar-refractivity contribution < 1.29 is 9.59 Å². The lowest BCUT2D eigenvalue weighted by Crippen LogP contribution is -2.40. The van der Waals surface area contributed by atoms with Gasteiger partial charge in [0.25, 0.3) is 0 Å². The maximum atomic E-state index is 12.6. The largest absolute Gasteiger partial charge is 0.369 e. The second kappa shape index (κ2) is 9.09. The zero-order valence-electron chi connectivity index (χ0n) is 16.9. The molecule has 0 bridgehead atoms. The first-order valence-electron chi connectivity index (χ1n) is 10.4. The smallest absolute Gasteiger partial charge is 0.224 e. The highest BCUT2D eigenvalue weighted by Crippen LogP contribution is 2.22. The molecule has 2 amide bonds. The van der Waals surface area contributed by atoms with E-state index < -0.39 is 0 Å². The Kier molecular flexibility index (Phi) is 6.09. The molecule has 156 valence electrons. The number of carbonyl (C=O) groups excluding carboxylic acids is 2. The summed E-state index contributed by atoms with van der Waals surface area (Å²) in [7, 11) is 0. The van der Waals surface area contributed by atoms with Gasteiger partial charge in [-0.3, -0.25) is 14.5 Å². The van der Waals surface area contributed by atoms with Crippen LogP contribution in [-0.2, 0) is 22.6 Å². The van der Waals surface area contributed by atoms with E-state index in [4.69, 9.17) is 5.73 Å². The predicted molar refractivity (Wildman–Crippen MR) is 117 cm³/mol. The zero-order valence-corrected chi connectivity index (χ0v) is 16.9. The van der Waals surface area contributed by atoms with E-state index in [0.29, 0.717) is 25.9 Å². The quantitative estimate of drug-likeness (QED) is 0.562. The Hall–Kier alpha value is -3.19. The van der Waals surface area contributed by atoms with Crippen molar-refractivity contribution in [1.82, 2.24) is 14.9 Å². The monoisotopic (exact) mass is 405 g/mol. The van der Waals surface area contributed by atoms with E-state index in [9.17, 15) is 9.59 Å². The third-order valence-electron chi connectivity index (χ3n) is 5.62. The molecular formula is C23H27N5O2. The number of hydrogen-bond acceptors (Lipinski definition) is 4. The number of aryl methyl sites for hydroxylation is 1. The summed E-state index contributed by atoms with van der Waals surface area (Å²) in [5.41, 5.74) is 9.24. The van der Waals surface area contributed by atoms with Crippen LogP contribution in [0.2, 0.25) is 0 Å². The molecule has 1 fully saturated rings. The average molecular weight is 406 g/mol.